The van der Waals surface area contributed by atoms with Gasteiger partial charge in [-0.05, 0) is 96.1 Å². The van der Waals surface area contributed by atoms with Gasteiger partial charge in [-0.15, -0.1) is 11.3 Å². The molecule has 4 aromatic carbocycles. The zero-order valence-electron chi connectivity index (χ0n) is 25.7. The van der Waals surface area contributed by atoms with Gasteiger partial charge in [-0.3, -0.25) is 19.2 Å². The highest BCUT2D eigenvalue weighted by Gasteiger charge is 2.44. The van der Waals surface area contributed by atoms with E-state index in [1.54, 1.807) is 0 Å². The highest BCUT2D eigenvalue weighted by Crippen LogP contribution is 2.52. The third-order valence-corrected chi connectivity index (χ3v) is 11.4. The fourth-order valence-corrected chi connectivity index (χ4v) is 9.09. The van der Waals surface area contributed by atoms with E-state index in [4.69, 9.17) is 4.74 Å². The van der Waals surface area contributed by atoms with Gasteiger partial charge in [0, 0.05) is 22.3 Å². The number of carbonyl (C=O) groups is 4. The number of rotatable bonds is 2. The molecule has 0 saturated carbocycles. The lowest BCUT2D eigenvalue weighted by molar-refractivity contribution is 0.0973. The van der Waals surface area contributed by atoms with Gasteiger partial charge < -0.3 is 10.1 Å². The average Bonchev–Trinajstić information content (AvgIpc) is 3.78. The van der Waals surface area contributed by atoms with Crippen LogP contribution in [0.4, 0.5) is 17.6 Å². The number of nitrogens with zero attached hydrogens (tertiary/aromatic N) is 1. The zero-order chi connectivity index (χ0) is 35.0. The predicted octanol–water partition coefficient (Wildman–Crippen LogP) is 7.98. The number of carbonyl (C=O) groups excluding carboxylic acids is 4. The van der Waals surface area contributed by atoms with E-state index in [0.29, 0.717) is 26.4 Å². The standard InChI is InChI=1S/C37H18F4N2O5S2/c1-37(2)35-33(49-27(42-35)11-21-29(44)17-3-13-7-23(38)24(39)8-14(13)4-18(17)30(21)45)34-36(48-37)43-28(50-34)12-22-31(46)19-5-15-9-25(40)26(41)10-16(15)6-20(19)32(22)47/h3-12,27,42H,1-2H3. The molecule has 5 aromatic rings. The topological polar surface area (TPSA) is 102 Å². The number of fused-ring (bicyclic) bond motifs is 6. The summed E-state index contributed by atoms with van der Waals surface area (Å²) in [6, 6.07) is 9.46. The van der Waals surface area contributed by atoms with Crippen LogP contribution in [0, 0.1) is 23.3 Å². The van der Waals surface area contributed by atoms with Crippen LogP contribution in [0.15, 0.2) is 71.5 Å². The quantitative estimate of drug-likeness (QED) is 0.112. The molecule has 0 fully saturated rings. The van der Waals surface area contributed by atoms with Crippen LogP contribution in [0.5, 0.6) is 5.88 Å². The summed E-state index contributed by atoms with van der Waals surface area (Å²) in [5, 5.41) is 4.22. The maximum Gasteiger partial charge on any atom is 0.234 e. The van der Waals surface area contributed by atoms with Crippen LogP contribution in [0.2, 0.25) is 0 Å². The van der Waals surface area contributed by atoms with E-state index in [2.05, 4.69) is 10.3 Å². The molecule has 50 heavy (non-hydrogen) atoms. The van der Waals surface area contributed by atoms with Crippen LogP contribution in [-0.4, -0.2) is 39.1 Å². The van der Waals surface area contributed by atoms with Crippen molar-refractivity contribution in [2.24, 2.45) is 0 Å². The first-order chi connectivity index (χ1) is 23.8. The fourth-order valence-electron chi connectivity index (χ4n) is 6.69. The number of aromatic nitrogens is 1. The third kappa shape index (κ3) is 4.39. The maximum atomic E-state index is 13.9. The van der Waals surface area contributed by atoms with Crippen molar-refractivity contribution in [3.63, 3.8) is 0 Å². The lowest BCUT2D eigenvalue weighted by Gasteiger charge is -2.31. The lowest BCUT2D eigenvalue weighted by Crippen LogP contribution is -2.40. The Kier molecular flexibility index (Phi) is 6.32. The molecule has 0 radical (unpaired) electrons. The Hall–Kier alpha value is -5.40. The number of benzene rings is 4. The van der Waals surface area contributed by atoms with E-state index in [1.807, 2.05) is 13.8 Å². The van der Waals surface area contributed by atoms with Crippen molar-refractivity contribution in [2.45, 2.75) is 24.8 Å². The Balaban J connectivity index is 1.03. The summed E-state index contributed by atoms with van der Waals surface area (Å²) >= 11 is 2.51. The first-order valence-electron chi connectivity index (χ1n) is 15.1. The number of Topliss-reactive ketones (excluding diaryl/α,β-unsaturated/α-hetero) is 4. The molecule has 1 atom stereocenters. The third-order valence-electron chi connectivity index (χ3n) is 9.11. The summed E-state index contributed by atoms with van der Waals surface area (Å²) in [4.78, 5) is 59.4. The molecule has 3 heterocycles. The van der Waals surface area contributed by atoms with Crippen molar-refractivity contribution in [3.05, 3.63) is 127 Å². The number of nitrogens with one attached hydrogen (secondary N) is 1. The molecule has 1 aromatic heterocycles. The van der Waals surface area contributed by atoms with Crippen LogP contribution in [0.1, 0.15) is 65.2 Å². The van der Waals surface area contributed by atoms with Gasteiger partial charge >= 0.3 is 0 Å². The first kappa shape index (κ1) is 30.6. The lowest BCUT2D eigenvalue weighted by atomic mass is 10.0. The number of hydrogen-bond donors (Lipinski definition) is 1. The van der Waals surface area contributed by atoms with Gasteiger partial charge in [-0.2, -0.15) is 0 Å². The second-order valence-corrected chi connectivity index (χ2v) is 14.8. The van der Waals surface area contributed by atoms with Crippen molar-refractivity contribution < 1.29 is 41.5 Å². The number of thiazole rings is 1. The second kappa shape index (κ2) is 10.3. The van der Waals surface area contributed by atoms with Gasteiger partial charge in [0.2, 0.25) is 5.88 Å². The van der Waals surface area contributed by atoms with Gasteiger partial charge in [-0.1, -0.05) is 11.8 Å². The van der Waals surface area contributed by atoms with Crippen molar-refractivity contribution in [3.8, 4) is 5.88 Å². The highest BCUT2D eigenvalue weighted by molar-refractivity contribution is 8.09. The van der Waals surface area contributed by atoms with Crippen molar-refractivity contribution >= 4 is 78.8 Å². The first-order valence-corrected chi connectivity index (χ1v) is 16.8. The van der Waals surface area contributed by atoms with Gasteiger partial charge in [0.05, 0.1) is 27.1 Å². The number of ether oxygens (including phenoxy) is 1. The van der Waals surface area contributed by atoms with Gasteiger partial charge in [-0.25, -0.2) is 22.5 Å². The van der Waals surface area contributed by atoms with Crippen LogP contribution in [0.25, 0.3) is 32.5 Å². The molecule has 0 saturated heterocycles. The van der Waals surface area contributed by atoms with E-state index in [9.17, 15) is 36.7 Å². The number of halogens is 4. The molecule has 0 bridgehead atoms. The Morgan fingerprint density at radius 1 is 0.700 bits per heavy atom. The molecule has 2 aliphatic carbocycles. The molecule has 2 aliphatic heterocycles. The minimum Gasteiger partial charge on any atom is -0.464 e. The van der Waals surface area contributed by atoms with E-state index >= 15 is 0 Å². The molecule has 0 spiro atoms. The normalized spacial score (nSPS) is 18.8. The van der Waals surface area contributed by atoms with Crippen LogP contribution in [0.3, 0.4) is 0 Å². The van der Waals surface area contributed by atoms with Crippen LogP contribution in [-0.2, 0) is 0 Å². The molecular weight excluding hydrogens is 693 g/mol. The Bertz CT molecular complexity index is 2510. The van der Waals surface area contributed by atoms with E-state index in [0.717, 1.165) is 29.2 Å². The van der Waals surface area contributed by atoms with Gasteiger partial charge in [0.15, 0.2) is 46.4 Å². The molecule has 246 valence electrons. The molecule has 7 nitrogen and oxygen atoms in total. The molecule has 0 amide bonds. The van der Waals surface area contributed by atoms with E-state index in [-0.39, 0.29) is 50.1 Å². The zero-order valence-corrected chi connectivity index (χ0v) is 27.3. The smallest absolute Gasteiger partial charge is 0.234 e. The summed E-state index contributed by atoms with van der Waals surface area (Å²) < 4.78 is 61.7. The number of thioether (sulfide) groups is 1. The summed E-state index contributed by atoms with van der Waals surface area (Å²) in [6.45, 7) is 3.63. The number of allylic oxidation sites excluding steroid dienone is 2. The Labute approximate surface area is 287 Å². The molecular formula is C37H18F4N2O5S2. The van der Waals surface area contributed by atoms with Gasteiger partial charge in [0.25, 0.3) is 0 Å². The predicted molar refractivity (Wildman–Crippen MR) is 179 cm³/mol. The SMILES string of the molecule is CC1(C)Oc2nc(C=C3C(=O)c4cc5cc(F)c(F)cc5cc4C3=O)sc2C2=C1NC(C=C1C(=O)c3cc4cc(F)c(F)cc4cc3C1=O)S2. The van der Waals surface area contributed by atoms with Crippen molar-refractivity contribution in [2.75, 3.05) is 0 Å². The molecule has 13 heteroatoms. The fraction of sp³-hybridized carbons (Fsp3) is 0.108. The summed E-state index contributed by atoms with van der Waals surface area (Å²) in [5.74, 6) is -6.16. The Morgan fingerprint density at radius 2 is 1.14 bits per heavy atom. The number of ketones is 4. The highest BCUT2D eigenvalue weighted by atomic mass is 32.2. The Morgan fingerprint density at radius 3 is 1.60 bits per heavy atom. The van der Waals surface area contributed by atoms with E-state index in [1.165, 1.54) is 59.5 Å². The van der Waals surface area contributed by atoms with E-state index < -0.39 is 57.4 Å². The molecule has 4 aliphatic rings. The average molecular weight is 711 g/mol. The minimum absolute atomic E-state index is 0.0780. The minimum atomic E-state index is -1.07. The summed E-state index contributed by atoms with van der Waals surface area (Å²) in [5.41, 5.74) is -0.0784. The summed E-state index contributed by atoms with van der Waals surface area (Å²) in [6.07, 6.45) is 2.89. The summed E-state index contributed by atoms with van der Waals surface area (Å²) in [7, 11) is 0. The molecule has 9 rings (SSSR count). The van der Waals surface area contributed by atoms with Crippen LogP contribution >= 0.6 is 23.1 Å². The second-order valence-electron chi connectivity index (χ2n) is 12.7. The number of hydrogen-bond acceptors (Lipinski definition) is 9. The maximum absolute atomic E-state index is 13.9. The van der Waals surface area contributed by atoms with Crippen molar-refractivity contribution in [1.82, 2.24) is 10.3 Å². The molecule has 1 unspecified atom stereocenters. The molecule has 1 N–H and O–H groups in total. The van der Waals surface area contributed by atoms with Crippen LogP contribution < -0.4 is 10.1 Å². The monoisotopic (exact) mass is 710 g/mol. The van der Waals surface area contributed by atoms with Crippen molar-refractivity contribution in [1.29, 1.82) is 0 Å². The van der Waals surface area contributed by atoms with Gasteiger partial charge in [0.1, 0.15) is 15.5 Å². The largest absolute Gasteiger partial charge is 0.464 e.